The van der Waals surface area contributed by atoms with Crippen LogP contribution in [0.2, 0.25) is 0 Å². The smallest absolute Gasteiger partial charge is 0.223 e. The number of furan rings is 1. The molecule has 3 heteroatoms. The number of para-hydroxylation sites is 1. The third-order valence-corrected chi connectivity index (χ3v) is 2.38. The summed E-state index contributed by atoms with van der Waals surface area (Å²) < 4.78 is 10.6. The Morgan fingerprint density at radius 2 is 2.24 bits per heavy atom. The molecule has 17 heavy (non-hydrogen) atoms. The van der Waals surface area contributed by atoms with Crippen LogP contribution in [0.5, 0.6) is 0 Å². The lowest BCUT2D eigenvalue weighted by Crippen LogP contribution is -2.07. The van der Waals surface area contributed by atoms with Crippen molar-refractivity contribution in [1.82, 2.24) is 0 Å². The van der Waals surface area contributed by atoms with E-state index in [1.165, 1.54) is 0 Å². The van der Waals surface area contributed by atoms with E-state index in [-0.39, 0.29) is 12.4 Å². The second kappa shape index (κ2) is 5.46. The predicted octanol–water partition coefficient (Wildman–Crippen LogP) is 3.21. The van der Waals surface area contributed by atoms with E-state index in [0.29, 0.717) is 12.4 Å². The molecule has 0 spiro atoms. The number of hydrogen-bond donors (Lipinski definition) is 0. The van der Waals surface area contributed by atoms with Crippen LogP contribution in [0.15, 0.2) is 46.9 Å². The van der Waals surface area contributed by atoms with Crippen molar-refractivity contribution < 1.29 is 13.9 Å². The Hall–Kier alpha value is -1.87. The molecule has 3 nitrogen and oxygen atoms in total. The van der Waals surface area contributed by atoms with E-state index in [1.54, 1.807) is 6.07 Å². The first-order valence-electron chi connectivity index (χ1n) is 5.52. The molecule has 0 amide bonds. The number of carbonyl (C=O) groups excluding carboxylic acids is 1. The van der Waals surface area contributed by atoms with Crippen LogP contribution in [0, 0.1) is 0 Å². The standard InChI is InChI=1S/C14H14O3/c1-2-3-8-16-10-12(15)14-9-11-6-4-5-7-13(11)17-14/h2-7,9H,8,10H2,1H3. The summed E-state index contributed by atoms with van der Waals surface area (Å²) in [5, 5.41) is 0.935. The SMILES string of the molecule is CC=CCOCC(=O)c1cc2ccccc2o1. The molecule has 2 rings (SSSR count). The van der Waals surface area contributed by atoms with Gasteiger partial charge in [-0.25, -0.2) is 0 Å². The molecule has 0 radical (unpaired) electrons. The highest BCUT2D eigenvalue weighted by molar-refractivity contribution is 5.98. The Kier molecular flexibility index (Phi) is 3.73. The average Bonchev–Trinajstić information content (AvgIpc) is 2.78. The van der Waals surface area contributed by atoms with Gasteiger partial charge in [-0.05, 0) is 19.1 Å². The third kappa shape index (κ3) is 2.82. The van der Waals surface area contributed by atoms with Crippen LogP contribution in [0.3, 0.4) is 0 Å². The largest absolute Gasteiger partial charge is 0.453 e. The molecule has 2 aromatic rings. The van der Waals surface area contributed by atoms with E-state index in [0.717, 1.165) is 11.0 Å². The minimum Gasteiger partial charge on any atom is -0.453 e. The molecule has 1 aromatic carbocycles. The number of ketones is 1. The summed E-state index contributed by atoms with van der Waals surface area (Å²) in [7, 11) is 0. The molecular formula is C14H14O3. The number of hydrogen-bond acceptors (Lipinski definition) is 3. The number of benzene rings is 1. The van der Waals surface area contributed by atoms with Crippen molar-refractivity contribution in [2.45, 2.75) is 6.92 Å². The van der Waals surface area contributed by atoms with Crippen LogP contribution in [0.4, 0.5) is 0 Å². The van der Waals surface area contributed by atoms with Gasteiger partial charge in [0.1, 0.15) is 12.2 Å². The molecule has 0 atom stereocenters. The number of Topliss-reactive ketones (excluding diaryl/α,β-unsaturated/α-hetero) is 1. The second-order valence-electron chi connectivity index (χ2n) is 3.66. The summed E-state index contributed by atoms with van der Waals surface area (Å²) in [6.45, 7) is 2.40. The van der Waals surface area contributed by atoms with E-state index >= 15 is 0 Å². The topological polar surface area (TPSA) is 39.4 Å². The quantitative estimate of drug-likeness (QED) is 0.450. The minimum absolute atomic E-state index is 0.0458. The summed E-state index contributed by atoms with van der Waals surface area (Å²) in [5.41, 5.74) is 0.726. The molecule has 0 aliphatic heterocycles. The maximum absolute atomic E-state index is 11.7. The summed E-state index contributed by atoms with van der Waals surface area (Å²) >= 11 is 0. The number of ether oxygens (including phenoxy) is 1. The maximum atomic E-state index is 11.7. The van der Waals surface area contributed by atoms with Crippen LogP contribution >= 0.6 is 0 Å². The van der Waals surface area contributed by atoms with Gasteiger partial charge in [-0.3, -0.25) is 4.79 Å². The van der Waals surface area contributed by atoms with Crippen LogP contribution in [0.25, 0.3) is 11.0 Å². The molecule has 0 fully saturated rings. The Labute approximate surface area is 99.7 Å². The summed E-state index contributed by atoms with van der Waals surface area (Å²) in [6.07, 6.45) is 3.73. The Morgan fingerprint density at radius 3 is 3.00 bits per heavy atom. The van der Waals surface area contributed by atoms with Crippen molar-refractivity contribution in [1.29, 1.82) is 0 Å². The fourth-order valence-corrected chi connectivity index (χ4v) is 1.51. The highest BCUT2D eigenvalue weighted by Crippen LogP contribution is 2.19. The van der Waals surface area contributed by atoms with E-state index < -0.39 is 0 Å². The van der Waals surface area contributed by atoms with Crippen molar-refractivity contribution in [2.75, 3.05) is 13.2 Å². The molecule has 0 saturated carbocycles. The van der Waals surface area contributed by atoms with Gasteiger partial charge in [0.05, 0.1) is 6.61 Å². The second-order valence-corrected chi connectivity index (χ2v) is 3.66. The first-order valence-corrected chi connectivity index (χ1v) is 5.52. The summed E-state index contributed by atoms with van der Waals surface area (Å²) in [5.74, 6) is 0.220. The van der Waals surface area contributed by atoms with Gasteiger partial charge in [0, 0.05) is 5.39 Å². The lowest BCUT2D eigenvalue weighted by atomic mass is 10.2. The zero-order valence-electron chi connectivity index (χ0n) is 9.68. The van der Waals surface area contributed by atoms with Crippen LogP contribution in [0.1, 0.15) is 17.5 Å². The van der Waals surface area contributed by atoms with E-state index in [2.05, 4.69) is 0 Å². The van der Waals surface area contributed by atoms with Gasteiger partial charge in [0.15, 0.2) is 5.76 Å². The van der Waals surface area contributed by atoms with Gasteiger partial charge in [-0.15, -0.1) is 0 Å². The molecule has 1 aromatic heterocycles. The number of allylic oxidation sites excluding steroid dienone is 1. The van der Waals surface area contributed by atoms with Crippen LogP contribution in [-0.2, 0) is 4.74 Å². The molecule has 0 bridgehead atoms. The Morgan fingerprint density at radius 1 is 1.41 bits per heavy atom. The average molecular weight is 230 g/mol. The number of fused-ring (bicyclic) bond motifs is 1. The van der Waals surface area contributed by atoms with Crippen LogP contribution in [-0.4, -0.2) is 19.0 Å². The Balaban J connectivity index is 2.03. The maximum Gasteiger partial charge on any atom is 0.223 e. The summed E-state index contributed by atoms with van der Waals surface area (Å²) in [4.78, 5) is 11.7. The fraction of sp³-hybridized carbons (Fsp3) is 0.214. The zero-order chi connectivity index (χ0) is 12.1. The molecule has 0 aliphatic carbocycles. The van der Waals surface area contributed by atoms with E-state index in [4.69, 9.17) is 9.15 Å². The first-order chi connectivity index (χ1) is 8.31. The number of rotatable bonds is 5. The lowest BCUT2D eigenvalue weighted by molar-refractivity contribution is 0.0780. The van der Waals surface area contributed by atoms with Crippen molar-refractivity contribution >= 4 is 16.8 Å². The monoisotopic (exact) mass is 230 g/mol. The van der Waals surface area contributed by atoms with E-state index in [1.807, 2.05) is 43.3 Å². The van der Waals surface area contributed by atoms with E-state index in [9.17, 15) is 4.79 Å². The number of carbonyl (C=O) groups is 1. The van der Waals surface area contributed by atoms with Gasteiger partial charge in [0.2, 0.25) is 5.78 Å². The van der Waals surface area contributed by atoms with Gasteiger partial charge in [-0.1, -0.05) is 30.4 Å². The highest BCUT2D eigenvalue weighted by atomic mass is 16.5. The molecule has 1 heterocycles. The third-order valence-electron chi connectivity index (χ3n) is 2.38. The fourth-order valence-electron chi connectivity index (χ4n) is 1.51. The lowest BCUT2D eigenvalue weighted by Gasteiger charge is -1.97. The van der Waals surface area contributed by atoms with Gasteiger partial charge in [0.25, 0.3) is 0 Å². The van der Waals surface area contributed by atoms with Crippen molar-refractivity contribution in [3.05, 3.63) is 48.2 Å². The molecule has 0 N–H and O–H groups in total. The zero-order valence-corrected chi connectivity index (χ0v) is 9.68. The molecule has 0 aliphatic rings. The van der Waals surface area contributed by atoms with Crippen molar-refractivity contribution in [3.8, 4) is 0 Å². The minimum atomic E-state index is -0.134. The normalized spacial score (nSPS) is 11.4. The molecule has 88 valence electrons. The molecule has 0 saturated heterocycles. The van der Waals surface area contributed by atoms with Gasteiger partial charge < -0.3 is 9.15 Å². The van der Waals surface area contributed by atoms with Gasteiger partial charge >= 0.3 is 0 Å². The van der Waals surface area contributed by atoms with Crippen molar-refractivity contribution in [2.24, 2.45) is 0 Å². The predicted molar refractivity (Wildman–Crippen MR) is 66.2 cm³/mol. The molecule has 0 unspecified atom stereocenters. The first kappa shape index (κ1) is 11.6. The Bertz CT molecular complexity index is 504. The molecular weight excluding hydrogens is 216 g/mol. The van der Waals surface area contributed by atoms with Gasteiger partial charge in [-0.2, -0.15) is 0 Å². The van der Waals surface area contributed by atoms with Crippen LogP contribution < -0.4 is 0 Å². The van der Waals surface area contributed by atoms with Crippen molar-refractivity contribution in [3.63, 3.8) is 0 Å². The summed E-state index contributed by atoms with van der Waals surface area (Å²) in [6, 6.07) is 9.29. The highest BCUT2D eigenvalue weighted by Gasteiger charge is 2.11.